The van der Waals surface area contributed by atoms with Gasteiger partial charge in [0.2, 0.25) is 0 Å². The molecular weight excluding hydrogens is 258 g/mol. The summed E-state index contributed by atoms with van der Waals surface area (Å²) in [4.78, 5) is 4.61. The average molecular weight is 287 g/mol. The van der Waals surface area contributed by atoms with Gasteiger partial charge in [-0.15, -0.1) is 0 Å². The lowest BCUT2D eigenvalue weighted by Gasteiger charge is -2.36. The maximum atomic E-state index is 5.41. The lowest BCUT2D eigenvalue weighted by molar-refractivity contribution is -0.0945. The maximum Gasteiger partial charge on any atom is 0.191 e. The molecule has 2 N–H and O–H groups in total. The molecule has 118 valence electrons. The Hall–Kier alpha value is -0.850. The van der Waals surface area contributed by atoms with E-state index < -0.39 is 0 Å². The van der Waals surface area contributed by atoms with Crippen LogP contribution >= 0.6 is 0 Å². The van der Waals surface area contributed by atoms with E-state index in [1.165, 1.54) is 0 Å². The Bertz CT molecular complexity index is 281. The summed E-state index contributed by atoms with van der Waals surface area (Å²) in [6.45, 7) is 10.4. The van der Waals surface area contributed by atoms with Crippen molar-refractivity contribution in [2.45, 2.75) is 20.3 Å². The predicted molar refractivity (Wildman–Crippen MR) is 80.2 cm³/mol. The van der Waals surface area contributed by atoms with Gasteiger partial charge in [0.05, 0.1) is 33.0 Å². The van der Waals surface area contributed by atoms with Crippen LogP contribution in [0.5, 0.6) is 0 Å². The number of rotatable bonds is 10. The van der Waals surface area contributed by atoms with Crippen molar-refractivity contribution < 1.29 is 14.2 Å². The van der Waals surface area contributed by atoms with Crippen molar-refractivity contribution in [3.63, 3.8) is 0 Å². The second-order valence-corrected chi connectivity index (χ2v) is 5.38. The van der Waals surface area contributed by atoms with E-state index in [0.717, 1.165) is 51.8 Å². The summed E-state index contributed by atoms with van der Waals surface area (Å²) in [5, 5.41) is 6.57. The Labute approximate surface area is 122 Å². The van der Waals surface area contributed by atoms with Crippen LogP contribution < -0.4 is 10.6 Å². The third-order valence-corrected chi connectivity index (χ3v) is 3.05. The zero-order chi connectivity index (χ0) is 14.7. The monoisotopic (exact) mass is 287 g/mol. The fourth-order valence-electron chi connectivity index (χ4n) is 1.78. The highest BCUT2D eigenvalue weighted by Crippen LogP contribution is 2.26. The Morgan fingerprint density at radius 1 is 1.25 bits per heavy atom. The van der Waals surface area contributed by atoms with Gasteiger partial charge >= 0.3 is 0 Å². The van der Waals surface area contributed by atoms with Gasteiger partial charge in [-0.3, -0.25) is 4.99 Å². The molecule has 1 saturated heterocycles. The fraction of sp³-hybridized carbons (Fsp3) is 0.929. The van der Waals surface area contributed by atoms with E-state index in [1.807, 2.05) is 0 Å². The number of ether oxygens (including phenoxy) is 3. The molecule has 0 amide bonds. The molecule has 0 aromatic carbocycles. The largest absolute Gasteiger partial charge is 0.382 e. The van der Waals surface area contributed by atoms with E-state index in [2.05, 4.69) is 29.5 Å². The topological polar surface area (TPSA) is 64.1 Å². The van der Waals surface area contributed by atoms with Crippen LogP contribution in [-0.4, -0.2) is 65.7 Å². The zero-order valence-corrected chi connectivity index (χ0v) is 13.0. The highest BCUT2D eigenvalue weighted by Gasteiger charge is 2.33. The summed E-state index contributed by atoms with van der Waals surface area (Å²) in [6, 6.07) is 0. The molecule has 1 fully saturated rings. The van der Waals surface area contributed by atoms with Gasteiger partial charge in [0.25, 0.3) is 0 Å². The summed E-state index contributed by atoms with van der Waals surface area (Å²) in [5.41, 5.74) is 0.214. The number of methoxy groups -OCH3 is 1. The minimum Gasteiger partial charge on any atom is -0.382 e. The third-order valence-electron chi connectivity index (χ3n) is 3.05. The Morgan fingerprint density at radius 3 is 2.65 bits per heavy atom. The average Bonchev–Trinajstić information content (AvgIpc) is 2.41. The molecule has 1 aliphatic heterocycles. The van der Waals surface area contributed by atoms with Crippen LogP contribution in [0.15, 0.2) is 4.99 Å². The molecule has 1 rings (SSSR count). The van der Waals surface area contributed by atoms with E-state index >= 15 is 0 Å². The quantitative estimate of drug-likeness (QED) is 0.350. The first-order chi connectivity index (χ1) is 9.70. The molecule has 6 heteroatoms. The van der Waals surface area contributed by atoms with Gasteiger partial charge in [-0.05, 0) is 13.3 Å². The van der Waals surface area contributed by atoms with Crippen molar-refractivity contribution in [3.8, 4) is 0 Å². The molecule has 0 radical (unpaired) electrons. The van der Waals surface area contributed by atoms with E-state index in [9.17, 15) is 0 Å². The van der Waals surface area contributed by atoms with Crippen LogP contribution in [0.2, 0.25) is 0 Å². The lowest BCUT2D eigenvalue weighted by Crippen LogP contribution is -2.44. The molecule has 1 heterocycles. The predicted octanol–water partition coefficient (Wildman–Crippen LogP) is 0.631. The number of aliphatic imine (C=N–C) groups is 1. The summed E-state index contributed by atoms with van der Waals surface area (Å²) < 4.78 is 15.6. The number of hydrogen-bond acceptors (Lipinski definition) is 4. The van der Waals surface area contributed by atoms with Crippen molar-refractivity contribution in [2.24, 2.45) is 10.4 Å². The van der Waals surface area contributed by atoms with Crippen LogP contribution in [-0.2, 0) is 14.2 Å². The van der Waals surface area contributed by atoms with E-state index in [1.54, 1.807) is 7.11 Å². The SMILES string of the molecule is CCNC(=NCC1(C)COC1)NCCCOCCOC. The first kappa shape index (κ1) is 17.2. The second-order valence-electron chi connectivity index (χ2n) is 5.38. The number of nitrogens with zero attached hydrogens (tertiary/aromatic N) is 1. The first-order valence-corrected chi connectivity index (χ1v) is 7.37. The molecule has 0 unspecified atom stereocenters. The van der Waals surface area contributed by atoms with Crippen molar-refractivity contribution in [2.75, 3.05) is 59.8 Å². The minimum atomic E-state index is 0.214. The van der Waals surface area contributed by atoms with Crippen LogP contribution in [0.25, 0.3) is 0 Å². The fourth-order valence-corrected chi connectivity index (χ4v) is 1.78. The molecule has 0 saturated carbocycles. The first-order valence-electron chi connectivity index (χ1n) is 7.37. The normalized spacial score (nSPS) is 17.6. The van der Waals surface area contributed by atoms with Crippen LogP contribution in [0, 0.1) is 5.41 Å². The molecule has 0 spiro atoms. The highest BCUT2D eigenvalue weighted by atomic mass is 16.5. The van der Waals surface area contributed by atoms with Crippen molar-refractivity contribution in [1.82, 2.24) is 10.6 Å². The van der Waals surface area contributed by atoms with E-state index in [-0.39, 0.29) is 5.41 Å². The number of hydrogen-bond donors (Lipinski definition) is 2. The number of guanidine groups is 1. The third kappa shape index (κ3) is 7.07. The molecule has 0 aromatic rings. The van der Waals surface area contributed by atoms with Gasteiger partial charge in [-0.2, -0.15) is 0 Å². The van der Waals surface area contributed by atoms with Gasteiger partial charge in [-0.1, -0.05) is 6.92 Å². The standard InChI is InChI=1S/C14H29N3O3/c1-4-15-13(17-10-14(2)11-20-12-14)16-6-5-7-19-9-8-18-3/h4-12H2,1-3H3,(H2,15,16,17). The van der Waals surface area contributed by atoms with Crippen molar-refractivity contribution >= 4 is 5.96 Å². The Balaban J connectivity index is 2.13. The lowest BCUT2D eigenvalue weighted by atomic mass is 9.89. The van der Waals surface area contributed by atoms with Gasteiger partial charge in [-0.25, -0.2) is 0 Å². The maximum absolute atomic E-state index is 5.41. The van der Waals surface area contributed by atoms with Gasteiger partial charge in [0, 0.05) is 32.2 Å². The minimum absolute atomic E-state index is 0.214. The molecule has 0 aliphatic carbocycles. The summed E-state index contributed by atoms with van der Waals surface area (Å²) in [6.07, 6.45) is 0.953. The van der Waals surface area contributed by atoms with E-state index in [4.69, 9.17) is 14.2 Å². The zero-order valence-electron chi connectivity index (χ0n) is 13.0. The highest BCUT2D eigenvalue weighted by molar-refractivity contribution is 5.79. The Morgan fingerprint density at radius 2 is 2.05 bits per heavy atom. The molecule has 20 heavy (non-hydrogen) atoms. The molecule has 6 nitrogen and oxygen atoms in total. The van der Waals surface area contributed by atoms with Crippen LogP contribution in [0.3, 0.4) is 0 Å². The Kier molecular flexibility index (Phi) is 8.57. The summed E-state index contributed by atoms with van der Waals surface area (Å²) in [5.74, 6) is 0.873. The molecule has 0 aromatic heterocycles. The molecule has 1 aliphatic rings. The molecule has 0 atom stereocenters. The number of nitrogens with one attached hydrogen (secondary N) is 2. The van der Waals surface area contributed by atoms with Crippen LogP contribution in [0.1, 0.15) is 20.3 Å². The van der Waals surface area contributed by atoms with Gasteiger partial charge < -0.3 is 24.8 Å². The van der Waals surface area contributed by atoms with Gasteiger partial charge in [0.15, 0.2) is 5.96 Å². The van der Waals surface area contributed by atoms with E-state index in [0.29, 0.717) is 13.2 Å². The van der Waals surface area contributed by atoms with Crippen molar-refractivity contribution in [1.29, 1.82) is 0 Å². The molecule has 0 bridgehead atoms. The van der Waals surface area contributed by atoms with Crippen LogP contribution in [0.4, 0.5) is 0 Å². The molecular formula is C14H29N3O3. The second kappa shape index (κ2) is 9.96. The van der Waals surface area contributed by atoms with Crippen molar-refractivity contribution in [3.05, 3.63) is 0 Å². The smallest absolute Gasteiger partial charge is 0.191 e. The summed E-state index contributed by atoms with van der Waals surface area (Å²) in [7, 11) is 1.68. The van der Waals surface area contributed by atoms with Gasteiger partial charge in [0.1, 0.15) is 0 Å². The summed E-state index contributed by atoms with van der Waals surface area (Å²) >= 11 is 0.